The number of aliphatic carboxylic acids is 1. The molecule has 2 fully saturated rings. The van der Waals surface area contributed by atoms with E-state index in [2.05, 4.69) is 11.9 Å². The van der Waals surface area contributed by atoms with Gasteiger partial charge in [-0.25, -0.2) is 0 Å². The van der Waals surface area contributed by atoms with E-state index in [-0.39, 0.29) is 12.3 Å². The predicted molar refractivity (Wildman–Crippen MR) is 78.3 cm³/mol. The Bertz CT molecular complexity index is 541. The molecule has 5 heteroatoms. The summed E-state index contributed by atoms with van der Waals surface area (Å²) in [6.07, 6.45) is 2.16. The Morgan fingerprint density at radius 2 is 1.71 bits per heavy atom. The number of rotatable bonds is 3. The first-order valence-electron chi connectivity index (χ1n) is 7.36. The zero-order chi connectivity index (χ0) is 15.0. The number of piperazine rings is 1. The number of carboxylic acid groups (broad SMARTS) is 1. The second-order valence-electron chi connectivity index (χ2n) is 6.09. The number of benzene rings is 1. The van der Waals surface area contributed by atoms with Crippen molar-refractivity contribution < 1.29 is 14.7 Å². The molecule has 0 radical (unpaired) electrons. The Kier molecular flexibility index (Phi) is 3.68. The van der Waals surface area contributed by atoms with Crippen molar-refractivity contribution in [1.29, 1.82) is 0 Å². The van der Waals surface area contributed by atoms with Crippen LogP contribution in [0.5, 0.6) is 0 Å². The first-order chi connectivity index (χ1) is 10.0. The molecule has 21 heavy (non-hydrogen) atoms. The van der Waals surface area contributed by atoms with Crippen LogP contribution in [0.25, 0.3) is 0 Å². The third-order valence-corrected chi connectivity index (χ3v) is 4.46. The van der Waals surface area contributed by atoms with E-state index in [0.29, 0.717) is 17.6 Å². The van der Waals surface area contributed by atoms with Crippen molar-refractivity contribution in [1.82, 2.24) is 9.80 Å². The van der Waals surface area contributed by atoms with Gasteiger partial charge in [-0.2, -0.15) is 0 Å². The van der Waals surface area contributed by atoms with E-state index >= 15 is 0 Å². The normalized spacial score (nSPS) is 25.1. The van der Waals surface area contributed by atoms with Crippen molar-refractivity contribution >= 4 is 11.9 Å². The second-order valence-corrected chi connectivity index (χ2v) is 6.09. The van der Waals surface area contributed by atoms with Gasteiger partial charge in [-0.05, 0) is 37.6 Å². The Morgan fingerprint density at radius 1 is 1.14 bits per heavy atom. The first kappa shape index (κ1) is 14.1. The third-order valence-electron chi connectivity index (χ3n) is 4.46. The molecular weight excluding hydrogens is 268 g/mol. The van der Waals surface area contributed by atoms with E-state index in [1.54, 1.807) is 24.3 Å². The van der Waals surface area contributed by atoms with Crippen molar-refractivity contribution in [2.75, 3.05) is 20.1 Å². The topological polar surface area (TPSA) is 60.9 Å². The van der Waals surface area contributed by atoms with Crippen LogP contribution in [-0.2, 0) is 11.2 Å². The standard InChI is InChI=1S/C16H20N2O3/c1-17-9-13-6-7-14(10-17)18(13)16(21)12-4-2-11(3-5-12)8-15(19)20/h2-5,13-14H,6-10H2,1H3,(H,19,20)/t13-,14+. The van der Waals surface area contributed by atoms with Gasteiger partial charge in [-0.1, -0.05) is 12.1 Å². The SMILES string of the molecule is CN1C[C@H]2CC[C@@H](C1)N2C(=O)c1ccc(CC(=O)O)cc1. The van der Waals surface area contributed by atoms with Gasteiger partial charge in [0.25, 0.3) is 5.91 Å². The number of fused-ring (bicyclic) bond motifs is 2. The summed E-state index contributed by atoms with van der Waals surface area (Å²) in [5, 5.41) is 8.77. The number of carbonyl (C=O) groups is 2. The first-order valence-corrected chi connectivity index (χ1v) is 7.36. The molecule has 1 aromatic rings. The van der Waals surface area contributed by atoms with E-state index in [0.717, 1.165) is 31.5 Å². The summed E-state index contributed by atoms with van der Waals surface area (Å²) in [5.74, 6) is -0.774. The molecule has 112 valence electrons. The molecule has 1 amide bonds. The fourth-order valence-electron chi connectivity index (χ4n) is 3.53. The maximum absolute atomic E-state index is 12.7. The fraction of sp³-hybridized carbons (Fsp3) is 0.500. The highest BCUT2D eigenvalue weighted by molar-refractivity contribution is 5.95. The molecule has 0 spiro atoms. The van der Waals surface area contributed by atoms with Crippen LogP contribution in [0.3, 0.4) is 0 Å². The number of hydrogen-bond donors (Lipinski definition) is 1. The lowest BCUT2D eigenvalue weighted by Gasteiger charge is -2.39. The molecule has 2 heterocycles. The average molecular weight is 288 g/mol. The van der Waals surface area contributed by atoms with E-state index in [9.17, 15) is 9.59 Å². The minimum atomic E-state index is -0.855. The molecule has 3 rings (SSSR count). The van der Waals surface area contributed by atoms with E-state index in [4.69, 9.17) is 5.11 Å². The van der Waals surface area contributed by atoms with Gasteiger partial charge in [0, 0.05) is 30.7 Å². The molecule has 2 atom stereocenters. The Hall–Kier alpha value is -1.88. The van der Waals surface area contributed by atoms with Crippen LogP contribution in [0.1, 0.15) is 28.8 Å². The minimum absolute atomic E-state index is 0.00572. The Morgan fingerprint density at radius 3 is 2.24 bits per heavy atom. The number of carboxylic acids is 1. The van der Waals surface area contributed by atoms with Gasteiger partial charge in [0.2, 0.25) is 0 Å². The van der Waals surface area contributed by atoms with Crippen molar-refractivity contribution in [3.05, 3.63) is 35.4 Å². The summed E-state index contributed by atoms with van der Waals surface area (Å²) >= 11 is 0. The third kappa shape index (κ3) is 2.78. The summed E-state index contributed by atoms with van der Waals surface area (Å²) in [5.41, 5.74) is 1.38. The second kappa shape index (κ2) is 5.48. The lowest BCUT2D eigenvalue weighted by Crippen LogP contribution is -2.54. The smallest absolute Gasteiger partial charge is 0.307 e. The van der Waals surface area contributed by atoms with Crippen LogP contribution < -0.4 is 0 Å². The zero-order valence-electron chi connectivity index (χ0n) is 12.2. The molecule has 1 N–H and O–H groups in total. The number of carbonyl (C=O) groups excluding carboxylic acids is 1. The van der Waals surface area contributed by atoms with Gasteiger partial charge in [-0.3, -0.25) is 9.59 Å². The van der Waals surface area contributed by atoms with Crippen LogP contribution >= 0.6 is 0 Å². The summed E-state index contributed by atoms with van der Waals surface area (Å²) in [7, 11) is 2.10. The number of amides is 1. The van der Waals surface area contributed by atoms with Crippen LogP contribution in [0, 0.1) is 0 Å². The summed E-state index contributed by atoms with van der Waals surface area (Å²) < 4.78 is 0. The monoisotopic (exact) mass is 288 g/mol. The predicted octanol–water partition coefficient (Wildman–Crippen LogP) is 1.23. The molecule has 5 nitrogen and oxygen atoms in total. The lowest BCUT2D eigenvalue weighted by atomic mass is 10.1. The lowest BCUT2D eigenvalue weighted by molar-refractivity contribution is -0.136. The van der Waals surface area contributed by atoms with Crippen molar-refractivity contribution in [3.8, 4) is 0 Å². The number of likely N-dealkylation sites (N-methyl/N-ethyl adjacent to an activating group) is 1. The molecule has 0 aromatic heterocycles. The number of nitrogens with zero attached hydrogens (tertiary/aromatic N) is 2. The van der Waals surface area contributed by atoms with Crippen LogP contribution in [0.2, 0.25) is 0 Å². The highest BCUT2D eigenvalue weighted by Gasteiger charge is 2.41. The number of likely N-dealkylation sites (tertiary alicyclic amines) is 1. The maximum atomic E-state index is 12.7. The molecule has 2 aliphatic rings. The highest BCUT2D eigenvalue weighted by atomic mass is 16.4. The van der Waals surface area contributed by atoms with Gasteiger partial charge in [-0.15, -0.1) is 0 Å². The van der Waals surface area contributed by atoms with Gasteiger partial charge in [0.05, 0.1) is 6.42 Å². The molecule has 0 unspecified atom stereocenters. The van der Waals surface area contributed by atoms with E-state index in [1.165, 1.54) is 0 Å². The highest BCUT2D eigenvalue weighted by Crippen LogP contribution is 2.31. The van der Waals surface area contributed by atoms with Crippen molar-refractivity contribution in [2.45, 2.75) is 31.3 Å². The average Bonchev–Trinajstić information content (AvgIpc) is 2.70. The molecule has 2 aliphatic heterocycles. The van der Waals surface area contributed by atoms with Gasteiger partial charge < -0.3 is 14.9 Å². The summed E-state index contributed by atoms with van der Waals surface area (Å²) in [4.78, 5) is 27.7. The minimum Gasteiger partial charge on any atom is -0.481 e. The zero-order valence-corrected chi connectivity index (χ0v) is 12.2. The van der Waals surface area contributed by atoms with Crippen LogP contribution in [0.4, 0.5) is 0 Å². The maximum Gasteiger partial charge on any atom is 0.307 e. The Balaban J connectivity index is 1.75. The van der Waals surface area contributed by atoms with Crippen molar-refractivity contribution in [2.24, 2.45) is 0 Å². The molecule has 1 aromatic carbocycles. The molecular formula is C16H20N2O3. The van der Waals surface area contributed by atoms with Crippen molar-refractivity contribution in [3.63, 3.8) is 0 Å². The summed E-state index contributed by atoms with van der Waals surface area (Å²) in [6.45, 7) is 1.89. The van der Waals surface area contributed by atoms with Crippen LogP contribution in [0.15, 0.2) is 24.3 Å². The van der Waals surface area contributed by atoms with Gasteiger partial charge in [0.1, 0.15) is 0 Å². The fourth-order valence-corrected chi connectivity index (χ4v) is 3.53. The molecule has 2 saturated heterocycles. The molecule has 2 bridgehead atoms. The Labute approximate surface area is 124 Å². The quantitative estimate of drug-likeness (QED) is 0.909. The van der Waals surface area contributed by atoms with E-state index in [1.807, 2.05) is 4.90 Å². The van der Waals surface area contributed by atoms with E-state index < -0.39 is 5.97 Å². The number of hydrogen-bond acceptors (Lipinski definition) is 3. The van der Waals surface area contributed by atoms with Gasteiger partial charge in [0.15, 0.2) is 0 Å². The van der Waals surface area contributed by atoms with Crippen LogP contribution in [-0.4, -0.2) is 59.0 Å². The summed E-state index contributed by atoms with van der Waals surface area (Å²) in [6, 6.07) is 7.61. The van der Waals surface area contributed by atoms with Gasteiger partial charge >= 0.3 is 5.97 Å². The largest absolute Gasteiger partial charge is 0.481 e. The molecule has 0 saturated carbocycles. The molecule has 0 aliphatic carbocycles.